The Hall–Kier alpha value is -1.68. The third-order valence-corrected chi connectivity index (χ3v) is 4.92. The number of rotatable bonds is 6. The molecule has 0 N–H and O–H groups in total. The van der Waals surface area contributed by atoms with Crippen LogP contribution < -0.4 is 4.90 Å². The topological polar surface area (TPSA) is 29.0 Å². The Bertz CT molecular complexity index is 854. The molecule has 0 aliphatic carbocycles. The second-order valence-corrected chi connectivity index (χ2v) is 7.72. The van der Waals surface area contributed by atoms with Crippen LogP contribution in [0.1, 0.15) is 25.8 Å². The summed E-state index contributed by atoms with van der Waals surface area (Å²) in [5.74, 6) is 0.0217. The van der Waals surface area contributed by atoms with E-state index in [1.165, 1.54) is 30.5 Å². The molecule has 1 aromatic carbocycles. The number of halogens is 6. The number of nitrogens with zero attached hydrogens (tertiary/aromatic N) is 3. The van der Waals surface area contributed by atoms with Crippen LogP contribution in [0.25, 0.3) is 11.3 Å². The van der Waals surface area contributed by atoms with Crippen LogP contribution in [0.15, 0.2) is 45.7 Å². The molecule has 2 aromatic rings. The minimum atomic E-state index is -4.39. The number of hydrogen-bond donors (Lipinski definition) is 0. The van der Waals surface area contributed by atoms with Crippen LogP contribution in [-0.2, 0) is 0 Å². The molecule has 3 nitrogen and oxygen atoms in total. The molecule has 28 heavy (non-hydrogen) atoms. The maximum atomic E-state index is 13.6. The van der Waals surface area contributed by atoms with E-state index in [0.29, 0.717) is 23.2 Å². The van der Waals surface area contributed by atoms with Crippen molar-refractivity contribution >= 4 is 33.5 Å². The predicted molar refractivity (Wildman–Crippen MR) is 104 cm³/mol. The van der Waals surface area contributed by atoms with E-state index in [4.69, 9.17) is 0 Å². The number of alkyl halides is 5. The van der Waals surface area contributed by atoms with Crippen LogP contribution in [0.5, 0.6) is 0 Å². The number of aromatic nitrogens is 2. The van der Waals surface area contributed by atoms with Gasteiger partial charge in [-0.15, -0.1) is 0 Å². The molecule has 2 rings (SSSR count). The number of thioether (sulfide) groups is 1. The van der Waals surface area contributed by atoms with Crippen molar-refractivity contribution in [1.82, 2.24) is 9.97 Å². The highest BCUT2D eigenvalue weighted by Gasteiger charge is 2.29. The molecule has 0 fully saturated rings. The molecular formula is C18H17BrF5N3S. The Morgan fingerprint density at radius 3 is 2.32 bits per heavy atom. The fourth-order valence-electron chi connectivity index (χ4n) is 2.36. The molecule has 0 unspecified atom stereocenters. The fraction of sp³-hybridized carbons (Fsp3) is 0.333. The summed E-state index contributed by atoms with van der Waals surface area (Å²) in [6, 6.07) is 5.57. The van der Waals surface area contributed by atoms with E-state index in [1.54, 1.807) is 13.8 Å². The molecule has 0 saturated carbocycles. The zero-order valence-corrected chi connectivity index (χ0v) is 17.6. The van der Waals surface area contributed by atoms with Crippen molar-refractivity contribution in [2.24, 2.45) is 0 Å². The second kappa shape index (κ2) is 9.21. The highest BCUT2D eigenvalue weighted by molar-refractivity contribution is 9.10. The lowest BCUT2D eigenvalue weighted by Crippen LogP contribution is -2.25. The molecule has 1 aromatic heterocycles. The molecule has 1 heterocycles. The molecule has 0 amide bonds. The van der Waals surface area contributed by atoms with Gasteiger partial charge in [0.2, 0.25) is 0 Å². The molecule has 0 aliphatic heterocycles. The monoisotopic (exact) mass is 481 g/mol. The summed E-state index contributed by atoms with van der Waals surface area (Å²) in [4.78, 5) is 9.11. The van der Waals surface area contributed by atoms with Gasteiger partial charge in [-0.05, 0) is 60.1 Å². The molecule has 0 radical (unpaired) electrons. The van der Waals surface area contributed by atoms with Crippen molar-refractivity contribution in [3.8, 4) is 11.3 Å². The molecule has 152 valence electrons. The van der Waals surface area contributed by atoms with Crippen LogP contribution >= 0.6 is 27.7 Å². The quantitative estimate of drug-likeness (QED) is 0.189. The molecule has 0 saturated heterocycles. The summed E-state index contributed by atoms with van der Waals surface area (Å²) < 4.78 is 64.8. The minimum Gasteiger partial charge on any atom is -0.275 e. The summed E-state index contributed by atoms with van der Waals surface area (Å²) in [7, 11) is 0. The zero-order chi connectivity index (χ0) is 21.1. The zero-order valence-electron chi connectivity index (χ0n) is 15.2. The van der Waals surface area contributed by atoms with Gasteiger partial charge in [-0.2, -0.15) is 22.0 Å². The largest absolute Gasteiger partial charge is 0.446 e. The average Bonchev–Trinajstić information content (AvgIpc) is 2.60. The first-order valence-corrected chi connectivity index (χ1v) is 9.77. The standard InChI is InChI=1S/C18H17BrF5N3S/c1-4-10(2)9-27(17(20)21)15-11(3)14(25-16(19)26-15)12-5-7-13(8-6-12)28-18(22,23)24/h5-9,17H,4H2,1-3H3. The maximum Gasteiger partial charge on any atom is 0.446 e. The molecular weight excluding hydrogens is 465 g/mol. The third kappa shape index (κ3) is 5.91. The SMILES string of the molecule is CCC(C)=CN(c1nc(Br)nc(-c2ccc(SC(F)(F)F)cc2)c1C)C(F)F. The van der Waals surface area contributed by atoms with Crippen LogP contribution in [0.2, 0.25) is 0 Å². The van der Waals surface area contributed by atoms with Gasteiger partial charge in [-0.25, -0.2) is 9.97 Å². The van der Waals surface area contributed by atoms with Crippen molar-refractivity contribution in [2.75, 3.05) is 4.90 Å². The first-order chi connectivity index (χ1) is 13.0. The Morgan fingerprint density at radius 2 is 1.82 bits per heavy atom. The van der Waals surface area contributed by atoms with Gasteiger partial charge in [0.25, 0.3) is 0 Å². The number of allylic oxidation sites excluding steroid dienone is 1. The second-order valence-electron chi connectivity index (χ2n) is 5.88. The average molecular weight is 482 g/mol. The Balaban J connectivity index is 2.50. The Labute approximate surface area is 172 Å². The molecule has 0 spiro atoms. The van der Waals surface area contributed by atoms with Crippen molar-refractivity contribution in [2.45, 2.75) is 44.1 Å². The van der Waals surface area contributed by atoms with Crippen LogP contribution in [0, 0.1) is 6.92 Å². The summed E-state index contributed by atoms with van der Waals surface area (Å²) in [5, 5.41) is 0. The van der Waals surface area contributed by atoms with E-state index in [9.17, 15) is 22.0 Å². The van der Waals surface area contributed by atoms with Gasteiger partial charge < -0.3 is 0 Å². The van der Waals surface area contributed by atoms with Crippen molar-refractivity contribution < 1.29 is 22.0 Å². The van der Waals surface area contributed by atoms with Crippen molar-refractivity contribution in [3.63, 3.8) is 0 Å². The summed E-state index contributed by atoms with van der Waals surface area (Å²) in [5.41, 5.74) is -2.40. The summed E-state index contributed by atoms with van der Waals surface area (Å²) >= 11 is 2.91. The lowest BCUT2D eigenvalue weighted by atomic mass is 10.1. The number of anilines is 1. The van der Waals surface area contributed by atoms with E-state index in [-0.39, 0.29) is 27.2 Å². The maximum absolute atomic E-state index is 13.6. The first kappa shape index (κ1) is 22.6. The van der Waals surface area contributed by atoms with Gasteiger partial charge in [-0.3, -0.25) is 4.90 Å². The summed E-state index contributed by atoms with van der Waals surface area (Å²) in [6.45, 7) is 2.36. The highest BCUT2D eigenvalue weighted by atomic mass is 79.9. The van der Waals surface area contributed by atoms with Gasteiger partial charge in [0.15, 0.2) is 4.73 Å². The highest BCUT2D eigenvalue weighted by Crippen LogP contribution is 2.38. The van der Waals surface area contributed by atoms with Gasteiger partial charge in [0, 0.05) is 22.2 Å². The first-order valence-electron chi connectivity index (χ1n) is 8.16. The lowest BCUT2D eigenvalue weighted by Gasteiger charge is -2.22. The smallest absolute Gasteiger partial charge is 0.275 e. The van der Waals surface area contributed by atoms with Gasteiger partial charge in [0.05, 0.1) is 5.69 Å². The van der Waals surface area contributed by atoms with Crippen LogP contribution in [0.4, 0.5) is 27.8 Å². The van der Waals surface area contributed by atoms with Crippen molar-refractivity contribution in [3.05, 3.63) is 46.3 Å². The molecule has 0 atom stereocenters. The molecule has 10 heteroatoms. The van der Waals surface area contributed by atoms with Gasteiger partial charge >= 0.3 is 12.1 Å². The predicted octanol–water partition coefficient (Wildman–Crippen LogP) is 7.17. The normalized spacial score (nSPS) is 12.6. The van der Waals surface area contributed by atoms with E-state index in [1.807, 2.05) is 6.92 Å². The lowest BCUT2D eigenvalue weighted by molar-refractivity contribution is -0.0328. The third-order valence-electron chi connectivity index (χ3n) is 3.83. The Morgan fingerprint density at radius 1 is 1.21 bits per heavy atom. The number of benzene rings is 1. The molecule has 0 aliphatic rings. The summed E-state index contributed by atoms with van der Waals surface area (Å²) in [6.07, 6.45) is 1.93. The minimum absolute atomic E-state index is 0.0217. The molecule has 0 bridgehead atoms. The van der Waals surface area contributed by atoms with Gasteiger partial charge in [0.1, 0.15) is 5.82 Å². The van der Waals surface area contributed by atoms with E-state index >= 15 is 0 Å². The van der Waals surface area contributed by atoms with E-state index in [0.717, 1.165) is 10.5 Å². The van der Waals surface area contributed by atoms with Gasteiger partial charge in [-0.1, -0.05) is 24.6 Å². The fourth-order valence-corrected chi connectivity index (χ4v) is 3.25. The van der Waals surface area contributed by atoms with E-state index < -0.39 is 12.1 Å². The Kier molecular flexibility index (Phi) is 7.44. The van der Waals surface area contributed by atoms with E-state index in [2.05, 4.69) is 25.9 Å². The van der Waals surface area contributed by atoms with Crippen LogP contribution in [0.3, 0.4) is 0 Å². The van der Waals surface area contributed by atoms with Crippen LogP contribution in [-0.4, -0.2) is 22.0 Å². The van der Waals surface area contributed by atoms with Crippen molar-refractivity contribution in [1.29, 1.82) is 0 Å². The number of hydrogen-bond acceptors (Lipinski definition) is 4.